The topological polar surface area (TPSA) is 114 Å². The summed E-state index contributed by atoms with van der Waals surface area (Å²) in [7, 11) is -1.50. The number of rotatable bonds is 5. The molecule has 0 bridgehead atoms. The van der Waals surface area contributed by atoms with E-state index >= 15 is 0 Å². The molecule has 0 radical (unpaired) electrons. The molecular formula is C17H28N2O6Si. The molecular weight excluding hydrogens is 356 g/mol. The molecule has 0 spiro atoms. The van der Waals surface area contributed by atoms with Gasteiger partial charge >= 0.3 is 5.69 Å². The third kappa shape index (κ3) is 3.86. The average Bonchev–Trinajstić information content (AvgIpc) is 3.11. The standard InChI is InChI=1S/C17H28N2O6Si/c1-26(2,3)13-9-12(24-11(13)5-7-20)16-10(21)8-15(25-16)19-6-4-14(22)18-17(19)23/h4,6,10-13,15-16,20-21H,5,7-9H2,1-3H3,(H,18,22,23)/t10-,11?,12?,13?,15+,16-/m0/s1. The summed E-state index contributed by atoms with van der Waals surface area (Å²) in [6.45, 7) is 6.91. The molecule has 3 heterocycles. The van der Waals surface area contributed by atoms with Gasteiger partial charge in [-0.1, -0.05) is 19.6 Å². The lowest BCUT2D eigenvalue weighted by Crippen LogP contribution is -2.35. The molecule has 1 aromatic rings. The van der Waals surface area contributed by atoms with Crippen LogP contribution in [0, 0.1) is 0 Å². The zero-order chi connectivity index (χ0) is 19.1. The molecule has 26 heavy (non-hydrogen) atoms. The maximum Gasteiger partial charge on any atom is 0.330 e. The number of aliphatic hydroxyl groups is 2. The molecule has 2 aliphatic heterocycles. The second-order valence-corrected chi connectivity index (χ2v) is 13.8. The normalized spacial score (nSPS) is 35.1. The number of hydrogen-bond donors (Lipinski definition) is 3. The summed E-state index contributed by atoms with van der Waals surface area (Å²) in [5.74, 6) is 0. The summed E-state index contributed by atoms with van der Waals surface area (Å²) in [6.07, 6.45) is 0.815. The van der Waals surface area contributed by atoms with Crippen LogP contribution in [0.2, 0.25) is 25.2 Å². The molecule has 146 valence electrons. The van der Waals surface area contributed by atoms with Crippen LogP contribution in [-0.4, -0.2) is 58.9 Å². The van der Waals surface area contributed by atoms with Crippen LogP contribution in [0.1, 0.15) is 25.5 Å². The lowest BCUT2D eigenvalue weighted by atomic mass is 10.0. The van der Waals surface area contributed by atoms with Crippen molar-refractivity contribution < 1.29 is 19.7 Å². The predicted octanol–water partition coefficient (Wildman–Crippen LogP) is 0.433. The Morgan fingerprint density at radius 3 is 2.62 bits per heavy atom. The Bertz CT molecular complexity index is 742. The Hall–Kier alpha value is -1.26. The maximum absolute atomic E-state index is 12.0. The van der Waals surface area contributed by atoms with Crippen molar-refractivity contribution in [3.8, 4) is 0 Å². The number of aromatic nitrogens is 2. The van der Waals surface area contributed by atoms with Crippen LogP contribution >= 0.6 is 0 Å². The summed E-state index contributed by atoms with van der Waals surface area (Å²) >= 11 is 0. The molecule has 2 fully saturated rings. The summed E-state index contributed by atoms with van der Waals surface area (Å²) in [5, 5.41) is 19.8. The van der Waals surface area contributed by atoms with E-state index in [-0.39, 0.29) is 25.2 Å². The number of hydrogen-bond acceptors (Lipinski definition) is 6. The molecule has 8 nitrogen and oxygen atoms in total. The van der Waals surface area contributed by atoms with Gasteiger partial charge < -0.3 is 19.7 Å². The number of nitrogens with zero attached hydrogens (tertiary/aromatic N) is 1. The zero-order valence-electron chi connectivity index (χ0n) is 15.4. The minimum atomic E-state index is -1.50. The number of aliphatic hydroxyl groups excluding tert-OH is 2. The number of H-pyrrole nitrogens is 1. The molecule has 0 aromatic carbocycles. The first kappa shape index (κ1) is 19.5. The van der Waals surface area contributed by atoms with Gasteiger partial charge in [-0.15, -0.1) is 0 Å². The third-order valence-corrected chi connectivity index (χ3v) is 8.31. The molecule has 2 saturated heterocycles. The van der Waals surface area contributed by atoms with Crippen molar-refractivity contribution in [1.29, 1.82) is 0 Å². The van der Waals surface area contributed by atoms with Gasteiger partial charge in [0.1, 0.15) is 12.3 Å². The number of aromatic amines is 1. The zero-order valence-corrected chi connectivity index (χ0v) is 16.4. The van der Waals surface area contributed by atoms with Gasteiger partial charge in [0, 0.05) is 25.3 Å². The van der Waals surface area contributed by atoms with Crippen molar-refractivity contribution >= 4 is 8.07 Å². The Morgan fingerprint density at radius 2 is 2.00 bits per heavy atom. The molecule has 3 rings (SSSR count). The Kier molecular flexibility index (Phi) is 5.55. The highest BCUT2D eigenvalue weighted by molar-refractivity contribution is 6.77. The third-order valence-electron chi connectivity index (χ3n) is 5.48. The summed E-state index contributed by atoms with van der Waals surface area (Å²) < 4.78 is 13.4. The molecule has 1 aromatic heterocycles. The van der Waals surface area contributed by atoms with Crippen molar-refractivity contribution in [2.45, 2.75) is 75.1 Å². The van der Waals surface area contributed by atoms with E-state index in [0.717, 1.165) is 6.42 Å². The molecule has 6 atom stereocenters. The first-order chi connectivity index (χ1) is 12.2. The molecule has 3 N–H and O–H groups in total. The van der Waals surface area contributed by atoms with Gasteiger partial charge in [0.15, 0.2) is 0 Å². The van der Waals surface area contributed by atoms with E-state index < -0.39 is 37.8 Å². The van der Waals surface area contributed by atoms with Gasteiger partial charge in [0.2, 0.25) is 0 Å². The molecule has 0 aliphatic carbocycles. The molecule has 9 heteroatoms. The quantitative estimate of drug-likeness (QED) is 0.635. The van der Waals surface area contributed by atoms with E-state index in [2.05, 4.69) is 24.6 Å². The van der Waals surface area contributed by atoms with Gasteiger partial charge in [-0.3, -0.25) is 14.3 Å². The van der Waals surface area contributed by atoms with E-state index in [1.54, 1.807) is 0 Å². The van der Waals surface area contributed by atoms with E-state index in [0.29, 0.717) is 12.0 Å². The maximum atomic E-state index is 12.0. The highest BCUT2D eigenvalue weighted by Gasteiger charge is 2.49. The summed E-state index contributed by atoms with van der Waals surface area (Å²) in [4.78, 5) is 25.4. The fourth-order valence-corrected chi connectivity index (χ4v) is 6.43. The molecule has 3 unspecified atom stereocenters. The van der Waals surface area contributed by atoms with Crippen LogP contribution in [0.15, 0.2) is 21.9 Å². The van der Waals surface area contributed by atoms with Gasteiger partial charge in [-0.2, -0.15) is 0 Å². The molecule has 2 aliphatic rings. The summed E-state index contributed by atoms with van der Waals surface area (Å²) in [6, 6.07) is 1.26. The van der Waals surface area contributed by atoms with Crippen LogP contribution in [0.3, 0.4) is 0 Å². The van der Waals surface area contributed by atoms with Crippen molar-refractivity contribution in [2.75, 3.05) is 6.61 Å². The van der Waals surface area contributed by atoms with Gasteiger partial charge in [-0.05, 0) is 18.4 Å². The van der Waals surface area contributed by atoms with Crippen LogP contribution in [0.5, 0.6) is 0 Å². The fourth-order valence-electron chi connectivity index (χ4n) is 4.13. The van der Waals surface area contributed by atoms with Gasteiger partial charge in [0.05, 0.1) is 26.4 Å². The first-order valence-corrected chi connectivity index (χ1v) is 12.7. The van der Waals surface area contributed by atoms with Crippen LogP contribution < -0.4 is 11.2 Å². The van der Waals surface area contributed by atoms with Crippen LogP contribution in [-0.2, 0) is 9.47 Å². The Morgan fingerprint density at radius 1 is 1.27 bits per heavy atom. The van der Waals surface area contributed by atoms with E-state index in [4.69, 9.17) is 9.47 Å². The highest BCUT2D eigenvalue weighted by atomic mass is 28.3. The lowest BCUT2D eigenvalue weighted by molar-refractivity contribution is -0.105. The minimum Gasteiger partial charge on any atom is -0.396 e. The average molecular weight is 385 g/mol. The van der Waals surface area contributed by atoms with Crippen LogP contribution in [0.25, 0.3) is 0 Å². The minimum absolute atomic E-state index is 0.0256. The largest absolute Gasteiger partial charge is 0.396 e. The fraction of sp³-hybridized carbons (Fsp3) is 0.765. The lowest BCUT2D eigenvalue weighted by Gasteiger charge is -2.28. The van der Waals surface area contributed by atoms with Gasteiger partial charge in [-0.25, -0.2) is 4.79 Å². The van der Waals surface area contributed by atoms with Gasteiger partial charge in [0.25, 0.3) is 5.56 Å². The molecule has 0 saturated carbocycles. The first-order valence-electron chi connectivity index (χ1n) is 9.12. The van der Waals surface area contributed by atoms with E-state index in [9.17, 15) is 19.8 Å². The van der Waals surface area contributed by atoms with Crippen molar-refractivity contribution in [1.82, 2.24) is 9.55 Å². The second kappa shape index (κ2) is 7.39. The monoisotopic (exact) mass is 384 g/mol. The second-order valence-electron chi connectivity index (χ2n) is 8.31. The number of ether oxygens (including phenoxy) is 2. The van der Waals surface area contributed by atoms with Crippen molar-refractivity contribution in [3.63, 3.8) is 0 Å². The summed E-state index contributed by atoms with van der Waals surface area (Å²) in [5.41, 5.74) is -0.642. The SMILES string of the molecule is C[Si](C)(C)C1CC([C@H]2O[C@@H](n3ccc(=O)[nH]c3=O)C[C@@H]2O)OC1CCO. The van der Waals surface area contributed by atoms with Crippen molar-refractivity contribution in [3.05, 3.63) is 33.1 Å². The van der Waals surface area contributed by atoms with Crippen molar-refractivity contribution in [2.24, 2.45) is 0 Å². The Labute approximate surface area is 152 Å². The van der Waals surface area contributed by atoms with E-state index in [1.807, 2.05) is 0 Å². The smallest absolute Gasteiger partial charge is 0.330 e. The predicted molar refractivity (Wildman–Crippen MR) is 97.9 cm³/mol. The molecule has 0 amide bonds. The van der Waals surface area contributed by atoms with E-state index in [1.165, 1.54) is 16.8 Å². The van der Waals surface area contributed by atoms with Crippen LogP contribution in [0.4, 0.5) is 0 Å². The number of nitrogens with one attached hydrogen (secondary N) is 1. The highest BCUT2D eigenvalue weighted by Crippen LogP contribution is 2.44. The Balaban J connectivity index is 1.76.